The number of rotatable bonds is 2. The van der Waals surface area contributed by atoms with E-state index in [1.807, 2.05) is 43.3 Å². The van der Waals surface area contributed by atoms with Crippen molar-refractivity contribution < 1.29 is 4.79 Å². The predicted molar refractivity (Wildman–Crippen MR) is 91.3 cm³/mol. The zero-order valence-corrected chi connectivity index (χ0v) is 13.5. The van der Waals surface area contributed by atoms with Gasteiger partial charge in [0.1, 0.15) is 0 Å². The lowest BCUT2D eigenvalue weighted by atomic mass is 10.3. The number of hydrogen-bond acceptors (Lipinski definition) is 4. The van der Waals surface area contributed by atoms with Crippen molar-refractivity contribution in [3.63, 3.8) is 0 Å². The number of aryl methyl sites for hydroxylation is 1. The van der Waals surface area contributed by atoms with Crippen LogP contribution < -0.4 is 5.32 Å². The lowest BCUT2D eigenvalue weighted by molar-refractivity contribution is -0.115. The molecule has 0 atom stereocenters. The molecule has 6 heteroatoms. The average molecular weight is 335 g/mol. The van der Waals surface area contributed by atoms with Gasteiger partial charge in [0.15, 0.2) is 5.17 Å². The number of carbonyl (C=O) groups excluding carboxylic acids is 1. The first-order valence-corrected chi connectivity index (χ1v) is 8.23. The number of nitrogens with one attached hydrogen (secondary N) is 1. The van der Waals surface area contributed by atoms with E-state index in [2.05, 4.69) is 10.3 Å². The topological polar surface area (TPSA) is 41.5 Å². The number of para-hydroxylation sites is 1. The molecule has 1 aromatic carbocycles. The Morgan fingerprint density at radius 2 is 2.05 bits per heavy atom. The van der Waals surface area contributed by atoms with Crippen molar-refractivity contribution >= 4 is 57.5 Å². The summed E-state index contributed by atoms with van der Waals surface area (Å²) in [7, 11) is 0. The van der Waals surface area contributed by atoms with Gasteiger partial charge < -0.3 is 5.32 Å². The summed E-state index contributed by atoms with van der Waals surface area (Å²) in [6.45, 7) is 2.04. The standard InChI is InChI=1S/C15H11ClN2OS2/c1-9-6-7-10(20-9)8-13-14(19)18-15(21-13)17-12-5-3-2-4-11(12)16/h2-8H,1H3,(H,17,18,19)/b13-8+. The summed E-state index contributed by atoms with van der Waals surface area (Å²) in [6.07, 6.45) is 1.88. The molecule has 3 rings (SSSR count). The Morgan fingerprint density at radius 3 is 2.76 bits per heavy atom. The van der Waals surface area contributed by atoms with Crippen LogP contribution in [0.5, 0.6) is 0 Å². The Kier molecular flexibility index (Phi) is 4.14. The van der Waals surface area contributed by atoms with Crippen molar-refractivity contribution in [3.8, 4) is 0 Å². The van der Waals surface area contributed by atoms with Crippen molar-refractivity contribution in [3.05, 3.63) is 56.1 Å². The fourth-order valence-corrected chi connectivity index (χ4v) is 3.69. The number of thiophene rings is 1. The highest BCUT2D eigenvalue weighted by Gasteiger charge is 2.24. The van der Waals surface area contributed by atoms with Crippen LogP contribution in [-0.4, -0.2) is 11.1 Å². The van der Waals surface area contributed by atoms with E-state index in [9.17, 15) is 4.79 Å². The number of carbonyl (C=O) groups is 1. The maximum atomic E-state index is 12.0. The van der Waals surface area contributed by atoms with Crippen LogP contribution in [0.2, 0.25) is 5.02 Å². The first-order chi connectivity index (χ1) is 10.1. The molecule has 1 fully saturated rings. The highest BCUT2D eigenvalue weighted by Crippen LogP contribution is 2.31. The van der Waals surface area contributed by atoms with Crippen LogP contribution in [0, 0.1) is 6.92 Å². The molecule has 1 aliphatic heterocycles. The van der Waals surface area contributed by atoms with Crippen molar-refractivity contribution in [1.82, 2.24) is 5.32 Å². The maximum Gasteiger partial charge on any atom is 0.264 e. The number of aliphatic imine (C=N–C) groups is 1. The predicted octanol–water partition coefficient (Wildman–Crippen LogP) is 4.60. The van der Waals surface area contributed by atoms with Gasteiger partial charge in [0.25, 0.3) is 5.91 Å². The Hall–Kier alpha value is -1.56. The van der Waals surface area contributed by atoms with Gasteiger partial charge in [0.2, 0.25) is 0 Å². The second kappa shape index (κ2) is 6.05. The van der Waals surface area contributed by atoms with E-state index in [4.69, 9.17) is 11.6 Å². The van der Waals surface area contributed by atoms with E-state index >= 15 is 0 Å². The van der Waals surface area contributed by atoms with Crippen molar-refractivity contribution in [2.45, 2.75) is 6.92 Å². The van der Waals surface area contributed by atoms with Gasteiger partial charge in [-0.05, 0) is 49.0 Å². The number of thioether (sulfide) groups is 1. The molecule has 3 nitrogen and oxygen atoms in total. The van der Waals surface area contributed by atoms with E-state index < -0.39 is 0 Å². The van der Waals surface area contributed by atoms with Gasteiger partial charge in [-0.3, -0.25) is 4.79 Å². The number of halogens is 1. The molecule has 2 heterocycles. The molecule has 1 N–H and O–H groups in total. The van der Waals surface area contributed by atoms with Crippen molar-refractivity contribution in [1.29, 1.82) is 0 Å². The molecule has 1 aliphatic rings. The van der Waals surface area contributed by atoms with Gasteiger partial charge >= 0.3 is 0 Å². The Balaban J connectivity index is 1.85. The molecule has 0 aliphatic carbocycles. The summed E-state index contributed by atoms with van der Waals surface area (Å²) >= 11 is 9.04. The van der Waals surface area contributed by atoms with Gasteiger partial charge in [0, 0.05) is 9.75 Å². The molecule has 0 saturated carbocycles. The molecule has 106 valence electrons. The molecule has 1 amide bonds. The number of benzene rings is 1. The van der Waals surface area contributed by atoms with E-state index in [0.717, 1.165) is 4.88 Å². The van der Waals surface area contributed by atoms with E-state index in [1.54, 1.807) is 17.4 Å². The second-order valence-corrected chi connectivity index (χ2v) is 7.14. The van der Waals surface area contributed by atoms with Crippen LogP contribution in [0.1, 0.15) is 9.75 Å². The van der Waals surface area contributed by atoms with Crippen LogP contribution in [0.4, 0.5) is 5.69 Å². The summed E-state index contributed by atoms with van der Waals surface area (Å²) < 4.78 is 0. The van der Waals surface area contributed by atoms with Gasteiger partial charge in [-0.1, -0.05) is 23.7 Å². The minimum Gasteiger partial charge on any atom is -0.300 e. The first kappa shape index (κ1) is 14.4. The fraction of sp³-hybridized carbons (Fsp3) is 0.0667. The third kappa shape index (κ3) is 3.37. The van der Waals surface area contributed by atoms with Gasteiger partial charge in [-0.25, -0.2) is 4.99 Å². The molecule has 2 aromatic rings. The molecular weight excluding hydrogens is 324 g/mol. The molecule has 21 heavy (non-hydrogen) atoms. The number of nitrogens with zero attached hydrogens (tertiary/aromatic N) is 1. The van der Waals surface area contributed by atoms with E-state index in [0.29, 0.717) is 20.8 Å². The van der Waals surface area contributed by atoms with Crippen molar-refractivity contribution in [2.75, 3.05) is 0 Å². The monoisotopic (exact) mass is 334 g/mol. The maximum absolute atomic E-state index is 12.0. The van der Waals surface area contributed by atoms with Crippen LogP contribution >= 0.6 is 34.7 Å². The summed E-state index contributed by atoms with van der Waals surface area (Å²) in [5.74, 6) is -0.128. The normalized spacial score (nSPS) is 18.5. The molecule has 1 aromatic heterocycles. The second-order valence-electron chi connectivity index (χ2n) is 4.38. The highest BCUT2D eigenvalue weighted by atomic mass is 35.5. The summed E-state index contributed by atoms with van der Waals surface area (Å²) in [6, 6.07) is 11.3. The molecule has 0 bridgehead atoms. The Labute approximate surface area is 135 Å². The molecule has 0 radical (unpaired) electrons. The first-order valence-electron chi connectivity index (χ1n) is 6.22. The zero-order chi connectivity index (χ0) is 14.8. The average Bonchev–Trinajstić information content (AvgIpc) is 3.00. The Bertz CT molecular complexity index is 765. The van der Waals surface area contributed by atoms with Crippen LogP contribution in [0.25, 0.3) is 6.08 Å². The van der Waals surface area contributed by atoms with Gasteiger partial charge in [0.05, 0.1) is 15.6 Å². The summed E-state index contributed by atoms with van der Waals surface area (Å²) in [5.41, 5.74) is 0.648. The SMILES string of the molecule is Cc1ccc(/C=C2/SC(=Nc3ccccc3Cl)NC2=O)s1. The molecule has 0 unspecified atom stereocenters. The van der Waals surface area contributed by atoms with Crippen LogP contribution in [0.15, 0.2) is 46.3 Å². The Morgan fingerprint density at radius 1 is 1.24 bits per heavy atom. The molecule has 1 saturated heterocycles. The third-order valence-corrected chi connectivity index (χ3v) is 4.94. The van der Waals surface area contributed by atoms with Gasteiger partial charge in [-0.15, -0.1) is 11.3 Å². The largest absolute Gasteiger partial charge is 0.300 e. The van der Waals surface area contributed by atoms with Crippen LogP contribution in [-0.2, 0) is 4.79 Å². The minimum atomic E-state index is -0.128. The van der Waals surface area contributed by atoms with E-state index in [1.165, 1.54) is 16.6 Å². The lowest BCUT2D eigenvalue weighted by Gasteiger charge is -1.98. The minimum absolute atomic E-state index is 0.128. The van der Waals surface area contributed by atoms with Crippen molar-refractivity contribution in [2.24, 2.45) is 4.99 Å². The number of amidine groups is 1. The quantitative estimate of drug-likeness (QED) is 0.815. The van der Waals surface area contributed by atoms with Crippen LogP contribution in [0.3, 0.4) is 0 Å². The fourth-order valence-electron chi connectivity index (χ4n) is 1.79. The molecular formula is C15H11ClN2OS2. The highest BCUT2D eigenvalue weighted by molar-refractivity contribution is 8.18. The summed E-state index contributed by atoms with van der Waals surface area (Å²) in [4.78, 5) is 19.3. The lowest BCUT2D eigenvalue weighted by Crippen LogP contribution is -2.19. The third-order valence-electron chi connectivity index (χ3n) is 2.76. The number of amides is 1. The van der Waals surface area contributed by atoms with Gasteiger partial charge in [-0.2, -0.15) is 0 Å². The smallest absolute Gasteiger partial charge is 0.264 e. The molecule has 0 spiro atoms. The zero-order valence-electron chi connectivity index (χ0n) is 11.1. The summed E-state index contributed by atoms with van der Waals surface area (Å²) in [5, 5.41) is 3.87. The van der Waals surface area contributed by atoms with E-state index in [-0.39, 0.29) is 5.91 Å². The number of hydrogen-bond donors (Lipinski definition) is 1.